The van der Waals surface area contributed by atoms with Crippen molar-refractivity contribution in [2.75, 3.05) is 13.7 Å². The molecule has 120 valence electrons. The zero-order chi connectivity index (χ0) is 16.7. The third-order valence-electron chi connectivity index (χ3n) is 3.31. The molecule has 4 nitrogen and oxygen atoms in total. The summed E-state index contributed by atoms with van der Waals surface area (Å²) < 4.78 is 6.01. The summed E-state index contributed by atoms with van der Waals surface area (Å²) in [5, 5.41) is 0. The van der Waals surface area contributed by atoms with E-state index in [0.717, 1.165) is 15.6 Å². The van der Waals surface area contributed by atoms with Crippen molar-refractivity contribution in [3.8, 4) is 0 Å². The van der Waals surface area contributed by atoms with Crippen molar-refractivity contribution in [2.24, 2.45) is 0 Å². The third-order valence-corrected chi connectivity index (χ3v) is 3.84. The second-order valence-corrected chi connectivity index (χ2v) is 6.12. The van der Waals surface area contributed by atoms with Crippen LogP contribution in [0.5, 0.6) is 0 Å². The minimum Gasteiger partial charge on any atom is -0.455 e. The Morgan fingerprint density at radius 2 is 1.65 bits per heavy atom. The first-order chi connectivity index (χ1) is 11.0. The number of benzene rings is 2. The molecule has 0 saturated heterocycles. The van der Waals surface area contributed by atoms with Crippen LogP contribution in [-0.4, -0.2) is 30.4 Å². The van der Waals surface area contributed by atoms with Crippen molar-refractivity contribution in [1.82, 2.24) is 4.90 Å². The molecule has 0 saturated carbocycles. The van der Waals surface area contributed by atoms with Crippen molar-refractivity contribution in [3.05, 3.63) is 70.2 Å². The number of likely N-dealkylation sites (N-methyl/N-ethyl adjacent to an activating group) is 1. The number of hydrogen-bond donors (Lipinski definition) is 0. The topological polar surface area (TPSA) is 46.6 Å². The van der Waals surface area contributed by atoms with E-state index in [1.54, 1.807) is 11.9 Å². The zero-order valence-electron chi connectivity index (χ0n) is 12.9. The molecule has 0 spiro atoms. The molecule has 2 aromatic rings. The van der Waals surface area contributed by atoms with Gasteiger partial charge in [-0.15, -0.1) is 0 Å². The van der Waals surface area contributed by atoms with Gasteiger partial charge >= 0.3 is 5.97 Å². The highest BCUT2D eigenvalue weighted by Crippen LogP contribution is 2.11. The Labute approximate surface area is 144 Å². The van der Waals surface area contributed by atoms with E-state index in [0.29, 0.717) is 6.54 Å². The van der Waals surface area contributed by atoms with Crippen LogP contribution in [0.1, 0.15) is 11.1 Å². The number of carbonyl (C=O) groups excluding carboxylic acids is 2. The van der Waals surface area contributed by atoms with Gasteiger partial charge in [-0.25, -0.2) is 0 Å². The van der Waals surface area contributed by atoms with Gasteiger partial charge in [0.15, 0.2) is 6.61 Å². The lowest BCUT2D eigenvalue weighted by molar-refractivity contribution is -0.151. The second-order valence-electron chi connectivity index (χ2n) is 5.20. The Balaban J connectivity index is 1.76. The highest BCUT2D eigenvalue weighted by molar-refractivity contribution is 9.10. The molecule has 0 heterocycles. The maximum atomic E-state index is 12.0. The average molecular weight is 376 g/mol. The van der Waals surface area contributed by atoms with Gasteiger partial charge in [0.2, 0.25) is 0 Å². The summed E-state index contributed by atoms with van der Waals surface area (Å²) in [7, 11) is 1.69. The third kappa shape index (κ3) is 5.87. The Morgan fingerprint density at radius 1 is 1.00 bits per heavy atom. The fourth-order valence-electron chi connectivity index (χ4n) is 2.02. The van der Waals surface area contributed by atoms with Gasteiger partial charge in [-0.3, -0.25) is 9.59 Å². The van der Waals surface area contributed by atoms with Crippen LogP contribution in [0.25, 0.3) is 0 Å². The van der Waals surface area contributed by atoms with Gasteiger partial charge in [0.05, 0.1) is 6.42 Å². The maximum Gasteiger partial charge on any atom is 0.310 e. The lowest BCUT2D eigenvalue weighted by Crippen LogP contribution is -2.31. The van der Waals surface area contributed by atoms with Gasteiger partial charge in [0.1, 0.15) is 0 Å². The van der Waals surface area contributed by atoms with Crippen molar-refractivity contribution < 1.29 is 14.3 Å². The van der Waals surface area contributed by atoms with Crippen molar-refractivity contribution >= 4 is 27.8 Å². The smallest absolute Gasteiger partial charge is 0.310 e. The molecule has 0 unspecified atom stereocenters. The molecular weight excluding hydrogens is 358 g/mol. The van der Waals surface area contributed by atoms with Crippen LogP contribution in [-0.2, 0) is 27.3 Å². The molecule has 23 heavy (non-hydrogen) atoms. The van der Waals surface area contributed by atoms with Crippen LogP contribution in [0, 0.1) is 0 Å². The Morgan fingerprint density at radius 3 is 2.30 bits per heavy atom. The fraction of sp³-hybridized carbons (Fsp3) is 0.222. The molecule has 0 bridgehead atoms. The number of carbonyl (C=O) groups is 2. The van der Waals surface area contributed by atoms with E-state index in [-0.39, 0.29) is 18.9 Å². The molecule has 1 amide bonds. The van der Waals surface area contributed by atoms with E-state index < -0.39 is 5.97 Å². The van der Waals surface area contributed by atoms with Crippen LogP contribution in [0.3, 0.4) is 0 Å². The van der Waals surface area contributed by atoms with E-state index in [4.69, 9.17) is 4.74 Å². The number of halogens is 1. The number of esters is 1. The maximum absolute atomic E-state index is 12.0. The Hall–Kier alpha value is -2.14. The molecule has 0 N–H and O–H groups in total. The average Bonchev–Trinajstić information content (AvgIpc) is 2.55. The molecule has 5 heteroatoms. The number of nitrogens with zero attached hydrogens (tertiary/aromatic N) is 1. The number of hydrogen-bond acceptors (Lipinski definition) is 3. The minimum atomic E-state index is -0.409. The molecule has 0 aliphatic heterocycles. The molecule has 0 fully saturated rings. The predicted octanol–water partition coefficient (Wildman–Crippen LogP) is 3.19. The highest BCUT2D eigenvalue weighted by atomic mass is 79.9. The van der Waals surface area contributed by atoms with E-state index in [9.17, 15) is 9.59 Å². The van der Waals surface area contributed by atoms with E-state index in [1.165, 1.54) is 0 Å². The largest absolute Gasteiger partial charge is 0.455 e. The molecule has 0 aromatic heterocycles. The summed E-state index contributed by atoms with van der Waals surface area (Å²) in [6, 6.07) is 17.1. The number of rotatable bonds is 6. The summed E-state index contributed by atoms with van der Waals surface area (Å²) in [6.45, 7) is 0.253. The van der Waals surface area contributed by atoms with Crippen molar-refractivity contribution in [3.63, 3.8) is 0 Å². The molecule has 0 atom stereocenters. The van der Waals surface area contributed by atoms with Crippen molar-refractivity contribution in [2.45, 2.75) is 13.0 Å². The van der Waals surface area contributed by atoms with Gasteiger partial charge in [0, 0.05) is 18.1 Å². The Bertz CT molecular complexity index is 656. The molecule has 0 radical (unpaired) electrons. The Kier molecular flexibility index (Phi) is 6.35. The first kappa shape index (κ1) is 17.2. The highest BCUT2D eigenvalue weighted by Gasteiger charge is 2.12. The van der Waals surface area contributed by atoms with E-state index in [2.05, 4.69) is 15.9 Å². The minimum absolute atomic E-state index is 0.156. The summed E-state index contributed by atoms with van der Waals surface area (Å²) in [4.78, 5) is 25.3. The summed E-state index contributed by atoms with van der Waals surface area (Å²) in [5.74, 6) is -0.633. The zero-order valence-corrected chi connectivity index (χ0v) is 14.5. The number of amides is 1. The molecule has 0 aliphatic rings. The quantitative estimate of drug-likeness (QED) is 0.728. The lowest BCUT2D eigenvalue weighted by atomic mass is 10.2. The van der Waals surface area contributed by atoms with E-state index >= 15 is 0 Å². The van der Waals surface area contributed by atoms with Gasteiger partial charge in [0.25, 0.3) is 5.91 Å². The summed E-state index contributed by atoms with van der Waals surface area (Å²) in [5.41, 5.74) is 1.88. The summed E-state index contributed by atoms with van der Waals surface area (Å²) in [6.07, 6.45) is 0.156. The second kappa shape index (κ2) is 8.48. The van der Waals surface area contributed by atoms with Crippen molar-refractivity contribution in [1.29, 1.82) is 0 Å². The van der Waals surface area contributed by atoms with Crippen LogP contribution in [0.15, 0.2) is 59.1 Å². The monoisotopic (exact) mass is 375 g/mol. The van der Waals surface area contributed by atoms with Crippen LogP contribution in [0.4, 0.5) is 0 Å². The molecule has 0 aliphatic carbocycles. The summed E-state index contributed by atoms with van der Waals surface area (Å²) >= 11 is 3.34. The van der Waals surface area contributed by atoms with Gasteiger partial charge in [-0.05, 0) is 23.3 Å². The van der Waals surface area contributed by atoms with Crippen LogP contribution >= 0.6 is 15.9 Å². The lowest BCUT2D eigenvalue weighted by Gasteiger charge is -2.17. The van der Waals surface area contributed by atoms with Crippen LogP contribution in [0.2, 0.25) is 0 Å². The SMILES string of the molecule is CN(Cc1ccccc1)C(=O)COC(=O)Cc1ccc(Br)cc1. The normalized spacial score (nSPS) is 10.2. The standard InChI is InChI=1S/C18H18BrNO3/c1-20(12-15-5-3-2-4-6-15)17(21)13-23-18(22)11-14-7-9-16(19)10-8-14/h2-10H,11-13H2,1H3. The van der Waals surface area contributed by atoms with Crippen LogP contribution < -0.4 is 0 Å². The van der Waals surface area contributed by atoms with Gasteiger partial charge in [-0.1, -0.05) is 58.4 Å². The molecule has 2 rings (SSSR count). The predicted molar refractivity (Wildman–Crippen MR) is 91.7 cm³/mol. The first-order valence-electron chi connectivity index (χ1n) is 7.22. The van der Waals surface area contributed by atoms with Gasteiger partial charge in [-0.2, -0.15) is 0 Å². The number of ether oxygens (including phenoxy) is 1. The molecule has 2 aromatic carbocycles. The molecular formula is C18H18BrNO3. The van der Waals surface area contributed by atoms with E-state index in [1.807, 2.05) is 54.6 Å². The first-order valence-corrected chi connectivity index (χ1v) is 8.02. The van der Waals surface area contributed by atoms with Gasteiger partial charge < -0.3 is 9.64 Å². The fourth-order valence-corrected chi connectivity index (χ4v) is 2.28.